The molecule has 0 saturated heterocycles. The first-order valence-corrected chi connectivity index (χ1v) is 6.44. The van der Waals surface area contributed by atoms with Gasteiger partial charge in [0.05, 0.1) is 5.03 Å². The average Bonchev–Trinajstić information content (AvgIpc) is 2.12. The molecule has 0 N–H and O–H groups in total. The molecule has 2 heteroatoms. The lowest BCUT2D eigenvalue weighted by atomic mass is 9.88. The molecule has 0 aliphatic carbocycles. The Morgan fingerprint density at radius 2 is 2.00 bits per heavy atom. The van der Waals surface area contributed by atoms with E-state index < -0.39 is 0 Å². The predicted molar refractivity (Wildman–Crippen MR) is 73.3 cm³/mol. The van der Waals surface area contributed by atoms with E-state index in [0.717, 1.165) is 0 Å². The van der Waals surface area contributed by atoms with E-state index >= 15 is 0 Å². The van der Waals surface area contributed by atoms with Gasteiger partial charge in [-0.15, -0.1) is 0 Å². The second kappa shape index (κ2) is 4.56. The molecule has 0 fully saturated rings. The molecule has 0 spiro atoms. The summed E-state index contributed by atoms with van der Waals surface area (Å²) >= 11 is 1.25. The SMILES string of the molecule is C=C1[SH]=CC(CCC(C)(C)C)=C(C)N1C. The minimum absolute atomic E-state index is 0.422. The van der Waals surface area contributed by atoms with Crippen LogP contribution in [0.5, 0.6) is 0 Å². The van der Waals surface area contributed by atoms with Gasteiger partial charge >= 0.3 is 0 Å². The van der Waals surface area contributed by atoms with E-state index in [0.29, 0.717) is 5.41 Å². The Morgan fingerprint density at radius 1 is 1.40 bits per heavy atom. The topological polar surface area (TPSA) is 3.24 Å². The monoisotopic (exact) mass is 225 g/mol. The van der Waals surface area contributed by atoms with Crippen LogP contribution in [0.4, 0.5) is 0 Å². The predicted octanol–water partition coefficient (Wildman–Crippen LogP) is 3.77. The molecule has 0 aromatic carbocycles. The van der Waals surface area contributed by atoms with Crippen molar-refractivity contribution >= 4 is 16.7 Å². The lowest BCUT2D eigenvalue weighted by Gasteiger charge is -2.28. The molecule has 0 aromatic rings. The second-order valence-electron chi connectivity index (χ2n) is 5.40. The summed E-state index contributed by atoms with van der Waals surface area (Å²) in [5.41, 5.74) is 3.27. The lowest BCUT2D eigenvalue weighted by Crippen LogP contribution is -2.18. The van der Waals surface area contributed by atoms with Crippen molar-refractivity contribution in [2.45, 2.75) is 40.5 Å². The third kappa shape index (κ3) is 3.53. The van der Waals surface area contributed by atoms with Crippen LogP contribution in [0.3, 0.4) is 0 Å². The second-order valence-corrected chi connectivity index (χ2v) is 6.44. The quantitative estimate of drug-likeness (QED) is 0.553. The van der Waals surface area contributed by atoms with Crippen molar-refractivity contribution in [2.24, 2.45) is 5.41 Å². The number of rotatable bonds is 2. The molecule has 1 nitrogen and oxygen atoms in total. The highest BCUT2D eigenvalue weighted by Crippen LogP contribution is 2.29. The molecule has 0 bridgehead atoms. The summed E-state index contributed by atoms with van der Waals surface area (Å²) in [5.74, 6) is 0. The van der Waals surface area contributed by atoms with Crippen molar-refractivity contribution in [3.8, 4) is 0 Å². The Labute approximate surface area is 97.8 Å². The first kappa shape index (κ1) is 12.6. The van der Waals surface area contributed by atoms with E-state index in [-0.39, 0.29) is 0 Å². The van der Waals surface area contributed by atoms with Crippen molar-refractivity contribution in [3.63, 3.8) is 0 Å². The van der Waals surface area contributed by atoms with Crippen LogP contribution in [0.1, 0.15) is 40.5 Å². The van der Waals surface area contributed by atoms with E-state index in [2.05, 4.69) is 51.6 Å². The van der Waals surface area contributed by atoms with E-state index in [1.165, 1.54) is 40.5 Å². The van der Waals surface area contributed by atoms with Gasteiger partial charge in [-0.2, -0.15) is 11.4 Å². The molecule has 0 atom stereocenters. The molecule has 1 aliphatic heterocycles. The first-order valence-electron chi connectivity index (χ1n) is 5.48. The van der Waals surface area contributed by atoms with Gasteiger partial charge in [0.25, 0.3) is 0 Å². The summed E-state index contributed by atoms with van der Waals surface area (Å²) in [5, 5.41) is 3.48. The minimum atomic E-state index is 0.422. The lowest BCUT2D eigenvalue weighted by molar-refractivity contribution is 0.378. The van der Waals surface area contributed by atoms with Crippen LogP contribution in [0, 0.1) is 5.41 Å². The summed E-state index contributed by atoms with van der Waals surface area (Å²) in [4.78, 5) is 2.21. The Balaban J connectivity index is 2.71. The van der Waals surface area contributed by atoms with Crippen LogP contribution in [-0.2, 0) is 0 Å². The van der Waals surface area contributed by atoms with Crippen LogP contribution >= 0.6 is 11.4 Å². The summed E-state index contributed by atoms with van der Waals surface area (Å²) in [6.07, 6.45) is 2.42. The molecule has 86 valence electrons. The highest BCUT2D eigenvalue weighted by atomic mass is 32.1. The molecule has 1 heterocycles. The van der Waals surface area contributed by atoms with E-state index in [1.54, 1.807) is 0 Å². The zero-order chi connectivity index (χ0) is 11.6. The smallest absolute Gasteiger partial charge is 0.0590 e. The van der Waals surface area contributed by atoms with Gasteiger partial charge in [0, 0.05) is 12.7 Å². The molecular formula is C13H23NS. The minimum Gasteiger partial charge on any atom is -0.344 e. The Hall–Kier alpha value is -0.500. The van der Waals surface area contributed by atoms with Crippen molar-refractivity contribution < 1.29 is 0 Å². The van der Waals surface area contributed by atoms with Gasteiger partial charge in [0.2, 0.25) is 0 Å². The number of thiol groups is 1. The molecule has 0 saturated carbocycles. The largest absolute Gasteiger partial charge is 0.344 e. The molecule has 0 unspecified atom stereocenters. The fourth-order valence-electron chi connectivity index (χ4n) is 1.50. The third-order valence-electron chi connectivity index (χ3n) is 2.87. The van der Waals surface area contributed by atoms with E-state index in [9.17, 15) is 0 Å². The van der Waals surface area contributed by atoms with Gasteiger partial charge in [-0.05, 0) is 36.1 Å². The molecule has 0 amide bonds. The average molecular weight is 225 g/mol. The van der Waals surface area contributed by atoms with Crippen molar-refractivity contribution in [1.82, 2.24) is 4.90 Å². The summed E-state index contributed by atoms with van der Waals surface area (Å²) < 4.78 is 0. The maximum Gasteiger partial charge on any atom is 0.0590 e. The van der Waals surface area contributed by atoms with Gasteiger partial charge in [-0.1, -0.05) is 27.4 Å². The van der Waals surface area contributed by atoms with Gasteiger partial charge in [-0.3, -0.25) is 0 Å². The fourth-order valence-corrected chi connectivity index (χ4v) is 2.44. The van der Waals surface area contributed by atoms with Crippen molar-refractivity contribution in [3.05, 3.63) is 22.9 Å². The Bertz CT molecular complexity index is 318. The zero-order valence-electron chi connectivity index (χ0n) is 10.6. The number of nitrogens with zero attached hydrogens (tertiary/aromatic N) is 1. The maximum atomic E-state index is 4.04. The maximum absolute atomic E-state index is 4.04. The Morgan fingerprint density at radius 3 is 2.53 bits per heavy atom. The van der Waals surface area contributed by atoms with Crippen LogP contribution in [0.2, 0.25) is 0 Å². The summed E-state index contributed by atoms with van der Waals surface area (Å²) in [6.45, 7) is 13.1. The number of hydrogen-bond donors (Lipinski definition) is 1. The molecule has 1 rings (SSSR count). The van der Waals surface area contributed by atoms with E-state index in [1.807, 2.05) is 0 Å². The van der Waals surface area contributed by atoms with Crippen LogP contribution in [0.15, 0.2) is 22.9 Å². The van der Waals surface area contributed by atoms with Crippen LogP contribution in [0.25, 0.3) is 0 Å². The summed E-state index contributed by atoms with van der Waals surface area (Å²) in [6, 6.07) is 0. The van der Waals surface area contributed by atoms with Crippen molar-refractivity contribution in [1.29, 1.82) is 0 Å². The van der Waals surface area contributed by atoms with Gasteiger partial charge in [0.1, 0.15) is 0 Å². The molecule has 0 aromatic heterocycles. The molecular weight excluding hydrogens is 202 g/mol. The molecule has 15 heavy (non-hydrogen) atoms. The van der Waals surface area contributed by atoms with Gasteiger partial charge in [0.15, 0.2) is 0 Å². The normalized spacial score (nSPS) is 18.2. The highest BCUT2D eigenvalue weighted by Gasteiger charge is 2.15. The van der Waals surface area contributed by atoms with Gasteiger partial charge in [-0.25, -0.2) is 0 Å². The summed E-state index contributed by atoms with van der Waals surface area (Å²) in [7, 11) is 2.11. The van der Waals surface area contributed by atoms with Crippen LogP contribution in [-0.4, -0.2) is 17.3 Å². The number of hydrogen-bond acceptors (Lipinski definition) is 1. The highest BCUT2D eigenvalue weighted by molar-refractivity contribution is 8.01. The third-order valence-corrected chi connectivity index (χ3v) is 3.91. The molecule has 1 aliphatic rings. The van der Waals surface area contributed by atoms with E-state index in [4.69, 9.17) is 0 Å². The van der Waals surface area contributed by atoms with Crippen LogP contribution < -0.4 is 0 Å². The fraction of sp³-hybridized carbons (Fsp3) is 0.615. The zero-order valence-corrected chi connectivity index (χ0v) is 11.5. The number of allylic oxidation sites excluding steroid dienone is 2. The Kier molecular flexibility index (Phi) is 3.82. The molecule has 0 radical (unpaired) electrons. The standard InChI is InChI=1S/C13H23NS/c1-10-12(7-8-13(3,4)5)9-15-11(2)14(10)6/h9,15H,2,7-8H2,1,3-6H3. The first-order chi connectivity index (χ1) is 6.81. The van der Waals surface area contributed by atoms with Crippen molar-refractivity contribution in [2.75, 3.05) is 7.05 Å². The van der Waals surface area contributed by atoms with Gasteiger partial charge < -0.3 is 4.90 Å².